The summed E-state index contributed by atoms with van der Waals surface area (Å²) in [6, 6.07) is 1.58. The quantitative estimate of drug-likeness (QED) is 0.616. The molecular formula is C9H9BrClNO2. The van der Waals surface area contributed by atoms with Gasteiger partial charge in [-0.25, -0.2) is 9.78 Å². The molecule has 0 N–H and O–H groups in total. The molecule has 1 rings (SSSR count). The van der Waals surface area contributed by atoms with E-state index in [1.54, 1.807) is 19.9 Å². The van der Waals surface area contributed by atoms with Crippen LogP contribution in [0.25, 0.3) is 0 Å². The fraction of sp³-hybridized carbons (Fsp3) is 0.333. The smallest absolute Gasteiger partial charge is 0.341 e. The van der Waals surface area contributed by atoms with E-state index in [0.717, 1.165) is 0 Å². The highest BCUT2D eigenvalue weighted by Crippen LogP contribution is 2.19. The monoisotopic (exact) mass is 277 g/mol. The Bertz CT molecular complexity index is 355. The lowest BCUT2D eigenvalue weighted by molar-refractivity contribution is 0.0377. The Balaban J connectivity index is 2.94. The molecule has 0 aliphatic heterocycles. The van der Waals surface area contributed by atoms with Crippen LogP contribution in [-0.2, 0) is 4.74 Å². The van der Waals surface area contributed by atoms with Crippen LogP contribution in [-0.4, -0.2) is 17.1 Å². The molecule has 0 saturated heterocycles. The van der Waals surface area contributed by atoms with Gasteiger partial charge in [-0.3, -0.25) is 0 Å². The third kappa shape index (κ3) is 2.96. The summed E-state index contributed by atoms with van der Waals surface area (Å²) in [7, 11) is 0. The molecule has 76 valence electrons. The first kappa shape index (κ1) is 11.5. The zero-order valence-electron chi connectivity index (χ0n) is 7.75. The zero-order chi connectivity index (χ0) is 10.7. The molecule has 0 spiro atoms. The van der Waals surface area contributed by atoms with E-state index in [0.29, 0.717) is 4.47 Å². The minimum atomic E-state index is -0.459. The Morgan fingerprint density at radius 3 is 2.86 bits per heavy atom. The number of nitrogens with zero attached hydrogens (tertiary/aromatic N) is 1. The third-order valence-corrected chi connectivity index (χ3v) is 2.10. The van der Waals surface area contributed by atoms with Gasteiger partial charge in [0.15, 0.2) is 0 Å². The van der Waals surface area contributed by atoms with E-state index in [2.05, 4.69) is 20.9 Å². The summed E-state index contributed by atoms with van der Waals surface area (Å²) >= 11 is 8.94. The van der Waals surface area contributed by atoms with Crippen LogP contribution in [0.5, 0.6) is 0 Å². The number of carbonyl (C=O) groups is 1. The number of hydrogen-bond acceptors (Lipinski definition) is 3. The lowest BCUT2D eigenvalue weighted by Crippen LogP contribution is -2.12. The minimum Gasteiger partial charge on any atom is -0.459 e. The second-order valence-corrected chi connectivity index (χ2v) is 4.22. The molecule has 1 aromatic heterocycles. The second kappa shape index (κ2) is 4.75. The number of rotatable bonds is 2. The van der Waals surface area contributed by atoms with Gasteiger partial charge in [-0.2, -0.15) is 0 Å². The maximum Gasteiger partial charge on any atom is 0.341 e. The highest BCUT2D eigenvalue weighted by molar-refractivity contribution is 9.10. The fourth-order valence-corrected chi connectivity index (χ4v) is 1.36. The average Bonchev–Trinajstić information content (AvgIpc) is 2.08. The Hall–Kier alpha value is -0.610. The van der Waals surface area contributed by atoms with E-state index in [1.165, 1.54) is 6.20 Å². The second-order valence-electron chi connectivity index (χ2n) is 2.95. The molecule has 0 unspecified atom stereocenters. The molecule has 1 aromatic rings. The molecule has 0 saturated carbocycles. The first-order valence-corrected chi connectivity index (χ1v) is 5.20. The van der Waals surface area contributed by atoms with Gasteiger partial charge in [0, 0.05) is 10.7 Å². The minimum absolute atomic E-state index is 0.152. The van der Waals surface area contributed by atoms with Crippen molar-refractivity contribution in [2.45, 2.75) is 20.0 Å². The molecular weight excluding hydrogens is 269 g/mol. The molecule has 14 heavy (non-hydrogen) atoms. The average molecular weight is 279 g/mol. The lowest BCUT2D eigenvalue weighted by Gasteiger charge is -2.08. The molecule has 3 nitrogen and oxygen atoms in total. The van der Waals surface area contributed by atoms with Crippen LogP contribution < -0.4 is 0 Å². The largest absolute Gasteiger partial charge is 0.459 e. The molecule has 5 heteroatoms. The molecule has 0 radical (unpaired) electrons. The van der Waals surface area contributed by atoms with Gasteiger partial charge >= 0.3 is 5.97 Å². The summed E-state index contributed by atoms with van der Waals surface area (Å²) in [6.07, 6.45) is 1.35. The Morgan fingerprint density at radius 1 is 1.64 bits per heavy atom. The molecule has 1 heterocycles. The van der Waals surface area contributed by atoms with Crippen LogP contribution in [0.4, 0.5) is 0 Å². The van der Waals surface area contributed by atoms with Gasteiger partial charge < -0.3 is 4.74 Å². The van der Waals surface area contributed by atoms with Crippen LogP contribution in [0, 0.1) is 0 Å². The van der Waals surface area contributed by atoms with Gasteiger partial charge in [0.05, 0.1) is 11.7 Å². The first-order valence-electron chi connectivity index (χ1n) is 4.02. The van der Waals surface area contributed by atoms with Crippen molar-refractivity contribution in [2.75, 3.05) is 0 Å². The molecule has 0 aromatic carbocycles. The van der Waals surface area contributed by atoms with Crippen molar-refractivity contribution in [3.05, 3.63) is 27.5 Å². The number of hydrogen-bond donors (Lipinski definition) is 0. The Labute approximate surface area is 95.6 Å². The normalized spacial score (nSPS) is 10.4. The number of esters is 1. The first-order chi connectivity index (χ1) is 6.50. The molecule has 0 aliphatic carbocycles. The van der Waals surface area contributed by atoms with E-state index in [4.69, 9.17) is 16.3 Å². The van der Waals surface area contributed by atoms with E-state index in [-0.39, 0.29) is 16.8 Å². The van der Waals surface area contributed by atoms with E-state index < -0.39 is 5.97 Å². The molecule has 0 aliphatic rings. The lowest BCUT2D eigenvalue weighted by atomic mass is 10.3. The van der Waals surface area contributed by atoms with Gasteiger partial charge in [-0.05, 0) is 35.8 Å². The van der Waals surface area contributed by atoms with Crippen LogP contribution in [0.15, 0.2) is 16.7 Å². The van der Waals surface area contributed by atoms with Crippen molar-refractivity contribution in [1.29, 1.82) is 0 Å². The van der Waals surface area contributed by atoms with E-state index in [9.17, 15) is 4.79 Å². The van der Waals surface area contributed by atoms with Crippen LogP contribution >= 0.6 is 27.5 Å². The molecule has 0 bridgehead atoms. The topological polar surface area (TPSA) is 39.2 Å². The SMILES string of the molecule is CC(C)OC(=O)c1cc(Br)cnc1Cl. The van der Waals surface area contributed by atoms with Crippen molar-refractivity contribution < 1.29 is 9.53 Å². The van der Waals surface area contributed by atoms with Crippen LogP contribution in [0.1, 0.15) is 24.2 Å². The number of ether oxygens (including phenoxy) is 1. The van der Waals surface area contributed by atoms with Crippen molar-refractivity contribution in [3.63, 3.8) is 0 Å². The van der Waals surface area contributed by atoms with Gasteiger partial charge in [-0.15, -0.1) is 0 Å². The van der Waals surface area contributed by atoms with Gasteiger partial charge in [0.25, 0.3) is 0 Å². The predicted octanol–water partition coefficient (Wildman–Crippen LogP) is 3.06. The number of carbonyl (C=O) groups excluding carboxylic acids is 1. The summed E-state index contributed by atoms with van der Waals surface area (Å²) < 4.78 is 5.68. The summed E-state index contributed by atoms with van der Waals surface area (Å²) in [5.41, 5.74) is 0.273. The Morgan fingerprint density at radius 2 is 2.29 bits per heavy atom. The Kier molecular flexibility index (Phi) is 3.89. The number of pyridine rings is 1. The van der Waals surface area contributed by atoms with Crippen molar-refractivity contribution in [1.82, 2.24) is 4.98 Å². The van der Waals surface area contributed by atoms with Gasteiger partial charge in [-0.1, -0.05) is 11.6 Å². The maximum atomic E-state index is 11.5. The van der Waals surface area contributed by atoms with Crippen LogP contribution in [0.3, 0.4) is 0 Å². The summed E-state index contributed by atoms with van der Waals surface area (Å²) in [5, 5.41) is 0.152. The zero-order valence-corrected chi connectivity index (χ0v) is 10.1. The molecule has 0 atom stereocenters. The highest BCUT2D eigenvalue weighted by Gasteiger charge is 2.14. The summed E-state index contributed by atoms with van der Waals surface area (Å²) in [6.45, 7) is 3.55. The summed E-state index contributed by atoms with van der Waals surface area (Å²) in [4.78, 5) is 15.3. The van der Waals surface area contributed by atoms with E-state index >= 15 is 0 Å². The van der Waals surface area contributed by atoms with Gasteiger partial charge in [0.2, 0.25) is 0 Å². The standard InChI is InChI=1S/C9H9BrClNO2/c1-5(2)14-9(13)7-3-6(10)4-12-8(7)11/h3-5H,1-2H3. The van der Waals surface area contributed by atoms with E-state index in [1.807, 2.05) is 0 Å². The fourth-order valence-electron chi connectivity index (χ4n) is 0.843. The van der Waals surface area contributed by atoms with Crippen LogP contribution in [0.2, 0.25) is 5.15 Å². The summed E-state index contributed by atoms with van der Waals surface area (Å²) in [5.74, 6) is -0.459. The van der Waals surface area contributed by atoms with Gasteiger partial charge in [0.1, 0.15) is 5.15 Å². The van der Waals surface area contributed by atoms with Crippen molar-refractivity contribution >= 4 is 33.5 Å². The number of aromatic nitrogens is 1. The third-order valence-electron chi connectivity index (χ3n) is 1.37. The van der Waals surface area contributed by atoms with Crippen molar-refractivity contribution in [2.24, 2.45) is 0 Å². The highest BCUT2D eigenvalue weighted by atomic mass is 79.9. The molecule has 0 fully saturated rings. The van der Waals surface area contributed by atoms with Crippen molar-refractivity contribution in [3.8, 4) is 0 Å². The molecule has 0 amide bonds. The maximum absolute atomic E-state index is 11.5. The number of halogens is 2. The predicted molar refractivity (Wildman–Crippen MR) is 57.5 cm³/mol.